The van der Waals surface area contributed by atoms with Gasteiger partial charge in [-0.3, -0.25) is 4.98 Å². The van der Waals surface area contributed by atoms with E-state index in [1.807, 2.05) is 19.1 Å². The summed E-state index contributed by atoms with van der Waals surface area (Å²) in [5, 5.41) is 9.21. The molecule has 0 aliphatic rings. The summed E-state index contributed by atoms with van der Waals surface area (Å²) in [7, 11) is 0. The van der Waals surface area contributed by atoms with Crippen LogP contribution in [0.1, 0.15) is 17.4 Å². The Morgan fingerprint density at radius 2 is 2.45 bits per heavy atom. The van der Waals surface area contributed by atoms with Gasteiger partial charge in [0, 0.05) is 6.20 Å². The normalized spacial score (nSPS) is 12.1. The number of aliphatic hydroxyl groups excluding tert-OH is 1. The van der Waals surface area contributed by atoms with Crippen LogP contribution in [0.25, 0.3) is 0 Å². The summed E-state index contributed by atoms with van der Waals surface area (Å²) in [5.41, 5.74) is 1.48. The van der Waals surface area contributed by atoms with Crippen LogP contribution in [0.15, 0.2) is 18.3 Å². The van der Waals surface area contributed by atoms with E-state index in [1.165, 1.54) is 0 Å². The molecule has 0 aliphatic heterocycles. The van der Waals surface area contributed by atoms with E-state index < -0.39 is 6.10 Å². The first kappa shape index (κ1) is 7.77. The van der Waals surface area contributed by atoms with Gasteiger partial charge in [0.05, 0.1) is 5.69 Å². The van der Waals surface area contributed by atoms with Crippen LogP contribution in [0, 0.1) is 19.3 Å². The average molecular weight is 147 g/mol. The van der Waals surface area contributed by atoms with Gasteiger partial charge in [-0.05, 0) is 18.6 Å². The number of hydrogen-bond donors (Lipinski definition) is 1. The van der Waals surface area contributed by atoms with Gasteiger partial charge < -0.3 is 5.11 Å². The van der Waals surface area contributed by atoms with Crippen molar-refractivity contribution < 1.29 is 5.11 Å². The lowest BCUT2D eigenvalue weighted by atomic mass is 10.1. The molecule has 0 aliphatic carbocycles. The Morgan fingerprint density at radius 1 is 1.73 bits per heavy atom. The smallest absolute Gasteiger partial charge is 0.156 e. The molecule has 1 heterocycles. The van der Waals surface area contributed by atoms with Crippen LogP contribution in [-0.4, -0.2) is 10.1 Å². The highest BCUT2D eigenvalue weighted by molar-refractivity contribution is 5.24. The largest absolute Gasteiger partial charge is 0.374 e. The Hall–Kier alpha value is -1.33. The van der Waals surface area contributed by atoms with Crippen molar-refractivity contribution in [3.63, 3.8) is 0 Å². The molecule has 0 aromatic carbocycles. The molecule has 1 N–H and O–H groups in total. The zero-order chi connectivity index (χ0) is 8.27. The standard InChI is InChI=1S/C9H9NO/c1-3-8(11)9-7(2)5-4-6-10-9/h1,4-6,8,11H,2H3/t8-/m1/s1. The molecule has 2 nitrogen and oxygen atoms in total. The fourth-order valence-corrected chi connectivity index (χ4v) is 0.863. The van der Waals surface area contributed by atoms with Crippen molar-refractivity contribution in [3.05, 3.63) is 29.6 Å². The molecule has 11 heavy (non-hydrogen) atoms. The van der Waals surface area contributed by atoms with Crippen molar-refractivity contribution in [2.24, 2.45) is 0 Å². The lowest BCUT2D eigenvalue weighted by Crippen LogP contribution is -1.99. The molecule has 0 spiro atoms. The monoisotopic (exact) mass is 147 g/mol. The number of aromatic nitrogens is 1. The van der Waals surface area contributed by atoms with Crippen molar-refractivity contribution in [2.75, 3.05) is 0 Å². The van der Waals surface area contributed by atoms with Gasteiger partial charge in [0.2, 0.25) is 0 Å². The highest BCUT2D eigenvalue weighted by atomic mass is 16.3. The van der Waals surface area contributed by atoms with Crippen molar-refractivity contribution in [2.45, 2.75) is 13.0 Å². The summed E-state index contributed by atoms with van der Waals surface area (Å²) in [6.07, 6.45) is 5.77. The summed E-state index contributed by atoms with van der Waals surface area (Å²) in [6, 6.07) is 3.67. The van der Waals surface area contributed by atoms with Crippen molar-refractivity contribution in [1.29, 1.82) is 0 Å². The zero-order valence-electron chi connectivity index (χ0n) is 6.28. The minimum Gasteiger partial charge on any atom is -0.374 e. The van der Waals surface area contributed by atoms with Crippen LogP contribution in [0.5, 0.6) is 0 Å². The molecular weight excluding hydrogens is 138 g/mol. The molecular formula is C9H9NO. The second-order valence-corrected chi connectivity index (χ2v) is 2.27. The first-order valence-corrected chi connectivity index (χ1v) is 3.31. The first-order chi connectivity index (χ1) is 5.25. The van der Waals surface area contributed by atoms with E-state index in [0.29, 0.717) is 5.69 Å². The van der Waals surface area contributed by atoms with Crippen LogP contribution in [-0.2, 0) is 0 Å². The highest BCUT2D eigenvalue weighted by Crippen LogP contribution is 2.12. The van der Waals surface area contributed by atoms with Crippen LogP contribution in [0.2, 0.25) is 0 Å². The van der Waals surface area contributed by atoms with Gasteiger partial charge in [-0.25, -0.2) is 0 Å². The molecule has 0 fully saturated rings. The number of rotatable bonds is 1. The van der Waals surface area contributed by atoms with Gasteiger partial charge in [-0.15, -0.1) is 6.42 Å². The Morgan fingerprint density at radius 3 is 3.00 bits per heavy atom. The summed E-state index contributed by atoms with van der Waals surface area (Å²) in [6.45, 7) is 1.86. The van der Waals surface area contributed by atoms with E-state index in [2.05, 4.69) is 10.9 Å². The third kappa shape index (κ3) is 1.57. The van der Waals surface area contributed by atoms with E-state index >= 15 is 0 Å². The Bertz CT molecular complexity index is 288. The highest BCUT2D eigenvalue weighted by Gasteiger charge is 2.06. The SMILES string of the molecule is C#C[C@@H](O)c1ncccc1C. The zero-order valence-corrected chi connectivity index (χ0v) is 6.28. The number of hydrogen-bond acceptors (Lipinski definition) is 2. The maximum Gasteiger partial charge on any atom is 0.156 e. The van der Waals surface area contributed by atoms with Crippen LogP contribution in [0.3, 0.4) is 0 Å². The van der Waals surface area contributed by atoms with E-state index in [9.17, 15) is 5.11 Å². The van der Waals surface area contributed by atoms with Crippen molar-refractivity contribution in [1.82, 2.24) is 4.98 Å². The quantitative estimate of drug-likeness (QED) is 0.602. The molecule has 1 atom stereocenters. The summed E-state index contributed by atoms with van der Waals surface area (Å²) in [4.78, 5) is 3.96. The molecule has 0 saturated carbocycles. The number of nitrogens with zero attached hydrogens (tertiary/aromatic N) is 1. The number of aliphatic hydroxyl groups is 1. The van der Waals surface area contributed by atoms with Gasteiger partial charge in [-0.2, -0.15) is 0 Å². The summed E-state index contributed by atoms with van der Waals surface area (Å²) < 4.78 is 0. The molecule has 0 radical (unpaired) electrons. The number of terminal acetylenes is 1. The van der Waals surface area contributed by atoms with E-state index in [-0.39, 0.29) is 0 Å². The van der Waals surface area contributed by atoms with Crippen molar-refractivity contribution in [3.8, 4) is 12.3 Å². The fraction of sp³-hybridized carbons (Fsp3) is 0.222. The lowest BCUT2D eigenvalue weighted by molar-refractivity contribution is 0.232. The topological polar surface area (TPSA) is 33.1 Å². The van der Waals surface area contributed by atoms with Crippen LogP contribution < -0.4 is 0 Å². The fourth-order valence-electron chi connectivity index (χ4n) is 0.863. The molecule has 2 heteroatoms. The second kappa shape index (κ2) is 3.18. The molecule has 1 aromatic rings. The minimum absolute atomic E-state index is 0.565. The lowest BCUT2D eigenvalue weighted by Gasteiger charge is -2.04. The first-order valence-electron chi connectivity index (χ1n) is 3.31. The number of pyridine rings is 1. The van der Waals surface area contributed by atoms with Gasteiger partial charge in [0.15, 0.2) is 6.10 Å². The Labute approximate surface area is 65.9 Å². The molecule has 1 rings (SSSR count). The predicted octanol–water partition coefficient (Wildman–Crippen LogP) is 1.06. The second-order valence-electron chi connectivity index (χ2n) is 2.27. The van der Waals surface area contributed by atoms with E-state index in [1.54, 1.807) is 6.20 Å². The third-order valence-corrected chi connectivity index (χ3v) is 1.47. The Balaban J connectivity index is 3.05. The van der Waals surface area contributed by atoms with Gasteiger partial charge in [0.1, 0.15) is 0 Å². The van der Waals surface area contributed by atoms with E-state index in [0.717, 1.165) is 5.56 Å². The molecule has 0 saturated heterocycles. The predicted molar refractivity (Wildman–Crippen MR) is 42.8 cm³/mol. The van der Waals surface area contributed by atoms with Gasteiger partial charge in [0.25, 0.3) is 0 Å². The summed E-state index contributed by atoms with van der Waals surface area (Å²) >= 11 is 0. The van der Waals surface area contributed by atoms with E-state index in [4.69, 9.17) is 6.42 Å². The third-order valence-electron chi connectivity index (χ3n) is 1.47. The van der Waals surface area contributed by atoms with Gasteiger partial charge in [-0.1, -0.05) is 12.0 Å². The van der Waals surface area contributed by atoms with Crippen molar-refractivity contribution >= 4 is 0 Å². The van der Waals surface area contributed by atoms with Gasteiger partial charge >= 0.3 is 0 Å². The average Bonchev–Trinajstić information content (AvgIpc) is 2.04. The summed E-state index contributed by atoms with van der Waals surface area (Å²) in [5.74, 6) is 2.22. The van der Waals surface area contributed by atoms with Crippen LogP contribution >= 0.6 is 0 Å². The molecule has 0 bridgehead atoms. The molecule has 0 unspecified atom stereocenters. The number of aryl methyl sites for hydroxylation is 1. The molecule has 1 aromatic heterocycles. The molecule has 0 amide bonds. The maximum absolute atomic E-state index is 9.21. The maximum atomic E-state index is 9.21. The molecule has 56 valence electrons. The Kier molecular flexibility index (Phi) is 2.25. The minimum atomic E-state index is -0.879. The van der Waals surface area contributed by atoms with Crippen LogP contribution in [0.4, 0.5) is 0 Å².